The first kappa shape index (κ1) is 55.9. The third-order valence-corrected chi connectivity index (χ3v) is 12.1. The fraction of sp³-hybridized carbons (Fsp3) is 0.938. The number of ether oxygens (including phenoxy) is 2. The highest BCUT2D eigenvalue weighted by Gasteiger charge is 2.44. The lowest BCUT2D eigenvalue weighted by atomic mass is 9.98. The highest BCUT2D eigenvalue weighted by atomic mass is 16.7. The zero-order valence-electron chi connectivity index (χ0n) is 37.7. The fourth-order valence-electron chi connectivity index (χ4n) is 7.97. The van der Waals surface area contributed by atoms with E-state index in [9.17, 15) is 40.5 Å². The number of nitrogens with one attached hydrogen (secondary N) is 1. The number of aliphatic hydroxyl groups is 7. The van der Waals surface area contributed by atoms with E-state index in [2.05, 4.69) is 31.3 Å². The summed E-state index contributed by atoms with van der Waals surface area (Å²) in [6.45, 7) is 3.43. The van der Waals surface area contributed by atoms with Crippen molar-refractivity contribution in [2.24, 2.45) is 0 Å². The Kier molecular flexibility index (Phi) is 36.5. The van der Waals surface area contributed by atoms with Gasteiger partial charge in [-0.3, -0.25) is 4.79 Å². The normalized spacial score (nSPS) is 21.8. The van der Waals surface area contributed by atoms with Gasteiger partial charge in [0.2, 0.25) is 5.91 Å². The number of carbonyl (C=O) groups excluding carboxylic acids is 1. The van der Waals surface area contributed by atoms with Crippen molar-refractivity contribution >= 4 is 5.91 Å². The molecule has 1 amide bonds. The molecule has 0 bridgehead atoms. The highest BCUT2D eigenvalue weighted by Crippen LogP contribution is 2.23. The predicted octanol–water partition coefficient (Wildman–Crippen LogP) is 8.45. The number of carbonyl (C=O) groups is 1. The van der Waals surface area contributed by atoms with Crippen molar-refractivity contribution in [1.29, 1.82) is 0 Å². The van der Waals surface area contributed by atoms with Crippen molar-refractivity contribution in [2.75, 3.05) is 13.2 Å². The van der Waals surface area contributed by atoms with Crippen molar-refractivity contribution in [3.63, 3.8) is 0 Å². The molecule has 8 N–H and O–H groups in total. The monoisotopic (exact) mass is 844 g/mol. The molecule has 11 nitrogen and oxygen atoms in total. The third kappa shape index (κ3) is 28.2. The standard InChI is InChI=1S/C48H93NO10/c1-3-5-7-9-11-13-15-17-19-20-21-22-24-26-28-30-32-34-36-41(52)47(57)49-39(38-58-48-46(56)45(55)44(54)42(37-50)59-48)43(53)40(51)35-33-31-29-27-25-23-18-16-14-12-10-8-6-4-2/h27,29,39-46,48,50-56H,3-26,28,30-38H2,1-2H3,(H,49,57)/b29-27+. The fourth-order valence-corrected chi connectivity index (χ4v) is 7.97. The molecular weight excluding hydrogens is 751 g/mol. The van der Waals surface area contributed by atoms with E-state index >= 15 is 0 Å². The SMILES string of the molecule is CCCCCCCCCCC/C=C/CCCC(O)C(O)C(COC1OC(CO)C(O)C(O)C1O)NC(=O)C(O)CCCCCCCCCCCCCCCCCCCC. The zero-order chi connectivity index (χ0) is 43.4. The first-order chi connectivity index (χ1) is 28.7. The number of rotatable bonds is 41. The largest absolute Gasteiger partial charge is 0.394 e. The molecule has 0 aromatic heterocycles. The van der Waals surface area contributed by atoms with Gasteiger partial charge in [0.15, 0.2) is 6.29 Å². The predicted molar refractivity (Wildman–Crippen MR) is 238 cm³/mol. The van der Waals surface area contributed by atoms with Crippen LogP contribution in [0.3, 0.4) is 0 Å². The topological polar surface area (TPSA) is 189 Å². The Morgan fingerprint density at radius 1 is 0.576 bits per heavy atom. The van der Waals surface area contributed by atoms with Crippen molar-refractivity contribution in [1.82, 2.24) is 5.32 Å². The Morgan fingerprint density at radius 2 is 1.00 bits per heavy atom. The first-order valence-corrected chi connectivity index (χ1v) is 24.6. The average molecular weight is 844 g/mol. The van der Waals surface area contributed by atoms with E-state index in [1.807, 2.05) is 0 Å². The number of hydrogen-bond donors (Lipinski definition) is 8. The Balaban J connectivity index is 2.42. The minimum Gasteiger partial charge on any atom is -0.394 e. The number of unbranched alkanes of at least 4 members (excludes halogenated alkanes) is 27. The van der Waals surface area contributed by atoms with E-state index < -0.39 is 74.2 Å². The number of allylic oxidation sites excluding steroid dienone is 2. The Morgan fingerprint density at radius 3 is 1.46 bits per heavy atom. The molecule has 1 aliphatic rings. The molecule has 9 atom stereocenters. The van der Waals surface area contributed by atoms with Crippen LogP contribution in [-0.2, 0) is 14.3 Å². The van der Waals surface area contributed by atoms with E-state index in [0.717, 1.165) is 38.5 Å². The van der Waals surface area contributed by atoms with Crippen molar-refractivity contribution < 1.29 is 50.0 Å². The molecule has 0 saturated carbocycles. The van der Waals surface area contributed by atoms with Crippen molar-refractivity contribution in [3.8, 4) is 0 Å². The third-order valence-electron chi connectivity index (χ3n) is 12.1. The van der Waals surface area contributed by atoms with E-state index in [0.29, 0.717) is 12.8 Å². The van der Waals surface area contributed by atoms with Crippen LogP contribution in [0.1, 0.15) is 219 Å². The Bertz CT molecular complexity index is 970. The second kappa shape index (κ2) is 38.5. The maximum Gasteiger partial charge on any atom is 0.249 e. The Labute approximate surface area is 360 Å². The summed E-state index contributed by atoms with van der Waals surface area (Å²) in [5, 5.41) is 75.7. The number of hydrogen-bond acceptors (Lipinski definition) is 10. The van der Waals surface area contributed by atoms with Crippen molar-refractivity contribution in [2.45, 2.75) is 274 Å². The molecule has 0 radical (unpaired) electrons. The van der Waals surface area contributed by atoms with Gasteiger partial charge in [0.05, 0.1) is 25.4 Å². The number of amides is 1. The van der Waals surface area contributed by atoms with Gasteiger partial charge in [-0.1, -0.05) is 193 Å². The molecule has 0 aromatic carbocycles. The van der Waals surface area contributed by atoms with Crippen LogP contribution in [-0.4, -0.2) is 110 Å². The van der Waals surface area contributed by atoms with Gasteiger partial charge in [-0.25, -0.2) is 0 Å². The Hall–Kier alpha value is -1.15. The van der Waals surface area contributed by atoms with E-state index in [1.165, 1.54) is 141 Å². The minimum absolute atomic E-state index is 0.259. The molecule has 0 aliphatic carbocycles. The van der Waals surface area contributed by atoms with E-state index in [-0.39, 0.29) is 12.8 Å². The summed E-state index contributed by atoms with van der Waals surface area (Å²) in [5.74, 6) is -0.704. The lowest BCUT2D eigenvalue weighted by molar-refractivity contribution is -0.303. The summed E-state index contributed by atoms with van der Waals surface area (Å²) in [6.07, 6.45) is 29.7. The summed E-state index contributed by atoms with van der Waals surface area (Å²) in [6, 6.07) is -1.18. The molecule has 1 rings (SSSR count). The molecule has 1 saturated heterocycles. The van der Waals surface area contributed by atoms with Crippen LogP contribution < -0.4 is 5.32 Å². The molecule has 1 heterocycles. The maximum absolute atomic E-state index is 13.1. The molecular formula is C48H93NO10. The maximum atomic E-state index is 13.1. The molecule has 1 fully saturated rings. The van der Waals surface area contributed by atoms with Crippen molar-refractivity contribution in [3.05, 3.63) is 12.2 Å². The summed E-state index contributed by atoms with van der Waals surface area (Å²) < 4.78 is 11.1. The van der Waals surface area contributed by atoms with Gasteiger partial charge in [0, 0.05) is 0 Å². The zero-order valence-corrected chi connectivity index (χ0v) is 37.7. The smallest absolute Gasteiger partial charge is 0.249 e. The molecule has 1 aliphatic heterocycles. The van der Waals surface area contributed by atoms with Gasteiger partial charge >= 0.3 is 0 Å². The van der Waals surface area contributed by atoms with Crippen LogP contribution in [0.4, 0.5) is 0 Å². The summed E-state index contributed by atoms with van der Waals surface area (Å²) in [4.78, 5) is 13.1. The second-order valence-corrected chi connectivity index (χ2v) is 17.5. The quantitative estimate of drug-likeness (QED) is 0.0219. The number of aliphatic hydroxyl groups excluding tert-OH is 7. The van der Waals surface area contributed by atoms with E-state index in [4.69, 9.17) is 9.47 Å². The summed E-state index contributed by atoms with van der Waals surface area (Å²) in [5.41, 5.74) is 0. The molecule has 0 spiro atoms. The highest BCUT2D eigenvalue weighted by molar-refractivity contribution is 5.80. The molecule has 11 heteroatoms. The lowest BCUT2D eigenvalue weighted by Gasteiger charge is -2.40. The first-order valence-electron chi connectivity index (χ1n) is 24.6. The van der Waals surface area contributed by atoms with Crippen LogP contribution in [0.15, 0.2) is 12.2 Å². The van der Waals surface area contributed by atoms with Gasteiger partial charge < -0.3 is 50.5 Å². The van der Waals surface area contributed by atoms with Gasteiger partial charge in [0.1, 0.15) is 36.6 Å². The van der Waals surface area contributed by atoms with E-state index in [1.54, 1.807) is 0 Å². The molecule has 0 aromatic rings. The minimum atomic E-state index is -1.66. The van der Waals surface area contributed by atoms with Crippen LogP contribution in [0.25, 0.3) is 0 Å². The lowest BCUT2D eigenvalue weighted by Crippen LogP contribution is -2.60. The van der Waals surface area contributed by atoms with Gasteiger partial charge in [-0.05, 0) is 38.5 Å². The summed E-state index contributed by atoms with van der Waals surface area (Å²) >= 11 is 0. The van der Waals surface area contributed by atoms with Gasteiger partial charge in [-0.2, -0.15) is 0 Å². The summed E-state index contributed by atoms with van der Waals surface area (Å²) in [7, 11) is 0. The molecule has 350 valence electrons. The second-order valence-electron chi connectivity index (χ2n) is 17.5. The molecule has 59 heavy (non-hydrogen) atoms. The van der Waals surface area contributed by atoms with Gasteiger partial charge in [0.25, 0.3) is 0 Å². The average Bonchev–Trinajstić information content (AvgIpc) is 3.23. The molecule has 9 unspecified atom stereocenters. The van der Waals surface area contributed by atoms with Crippen LogP contribution in [0.5, 0.6) is 0 Å². The van der Waals surface area contributed by atoms with Gasteiger partial charge in [-0.15, -0.1) is 0 Å². The van der Waals surface area contributed by atoms with Crippen LogP contribution in [0.2, 0.25) is 0 Å². The van der Waals surface area contributed by atoms with Crippen LogP contribution >= 0.6 is 0 Å². The van der Waals surface area contributed by atoms with Crippen LogP contribution in [0, 0.1) is 0 Å².